The molecule has 0 amide bonds. The summed E-state index contributed by atoms with van der Waals surface area (Å²) < 4.78 is 43.4. The summed E-state index contributed by atoms with van der Waals surface area (Å²) in [7, 11) is 0. The van der Waals surface area contributed by atoms with Gasteiger partial charge in [0.05, 0.1) is 23.2 Å². The van der Waals surface area contributed by atoms with Gasteiger partial charge in [0.2, 0.25) is 5.90 Å². The van der Waals surface area contributed by atoms with E-state index < -0.39 is 11.9 Å². The van der Waals surface area contributed by atoms with Crippen molar-refractivity contribution in [2.45, 2.75) is 6.18 Å². The number of pyridine rings is 1. The van der Waals surface area contributed by atoms with Crippen LogP contribution >= 0.6 is 0 Å². The van der Waals surface area contributed by atoms with Gasteiger partial charge >= 0.3 is 6.18 Å². The molecule has 0 radical (unpaired) electrons. The molecule has 0 unspecified atom stereocenters. The van der Waals surface area contributed by atoms with Crippen LogP contribution in [-0.4, -0.2) is 22.4 Å². The van der Waals surface area contributed by atoms with Crippen LogP contribution in [0.5, 0.6) is 5.75 Å². The number of hydrazine groups is 1. The van der Waals surface area contributed by atoms with Gasteiger partial charge in [-0.05, 0) is 30.4 Å². The molecule has 3 rings (SSSR count). The summed E-state index contributed by atoms with van der Waals surface area (Å²) in [5, 5.41) is 1.83. The second kappa shape index (κ2) is 7.01. The van der Waals surface area contributed by atoms with Crippen molar-refractivity contribution in [3.8, 4) is 5.75 Å². The second-order valence-corrected chi connectivity index (χ2v) is 5.31. The summed E-state index contributed by atoms with van der Waals surface area (Å²) in [6.45, 7) is 8.20. The minimum Gasteiger partial charge on any atom is -0.437 e. The molecule has 134 valence electrons. The molecule has 1 aromatic rings. The number of allylic oxidation sites excluding steroid dienone is 3. The fraction of sp³-hybridized carbons (Fsp3) is 0.111. The lowest BCUT2D eigenvalue weighted by Gasteiger charge is -2.27. The smallest absolute Gasteiger partial charge is 0.433 e. The van der Waals surface area contributed by atoms with E-state index in [1.165, 1.54) is 12.3 Å². The predicted octanol–water partition coefficient (Wildman–Crippen LogP) is 3.74. The number of aromatic nitrogens is 1. The molecular formula is C18H15F3N4O. The Hall–Kier alpha value is -3.13. The van der Waals surface area contributed by atoms with E-state index >= 15 is 0 Å². The highest BCUT2D eigenvalue weighted by atomic mass is 19.4. The van der Waals surface area contributed by atoms with E-state index in [1.54, 1.807) is 0 Å². The van der Waals surface area contributed by atoms with Crippen LogP contribution in [0.2, 0.25) is 0 Å². The highest BCUT2D eigenvalue weighted by Crippen LogP contribution is 2.29. The van der Waals surface area contributed by atoms with E-state index in [1.807, 2.05) is 29.3 Å². The molecule has 5 nitrogen and oxygen atoms in total. The molecule has 3 heterocycles. The van der Waals surface area contributed by atoms with Crippen LogP contribution in [0.1, 0.15) is 5.69 Å². The van der Waals surface area contributed by atoms with Gasteiger partial charge in [-0.2, -0.15) is 13.2 Å². The molecule has 2 aliphatic rings. The van der Waals surface area contributed by atoms with Crippen molar-refractivity contribution in [1.29, 1.82) is 0 Å². The summed E-state index contributed by atoms with van der Waals surface area (Å²) in [6.07, 6.45) is 5.37. The normalized spacial score (nSPS) is 16.7. The molecule has 0 spiro atoms. The lowest BCUT2D eigenvalue weighted by molar-refractivity contribution is -0.141. The molecule has 0 aliphatic carbocycles. The van der Waals surface area contributed by atoms with Crippen LogP contribution in [0.3, 0.4) is 0 Å². The lowest BCUT2D eigenvalue weighted by Crippen LogP contribution is -2.34. The molecule has 0 fully saturated rings. The number of hydrogen-bond donors (Lipinski definition) is 1. The first-order valence-corrected chi connectivity index (χ1v) is 7.62. The van der Waals surface area contributed by atoms with E-state index in [9.17, 15) is 13.2 Å². The van der Waals surface area contributed by atoms with Gasteiger partial charge in [-0.15, -0.1) is 0 Å². The molecule has 0 aromatic carbocycles. The van der Waals surface area contributed by atoms with Gasteiger partial charge in [-0.25, -0.2) is 15.4 Å². The predicted molar refractivity (Wildman–Crippen MR) is 91.8 cm³/mol. The van der Waals surface area contributed by atoms with Gasteiger partial charge in [0.1, 0.15) is 11.4 Å². The number of rotatable bonds is 4. The number of alkyl halides is 3. The monoisotopic (exact) mass is 360 g/mol. The molecular weight excluding hydrogens is 345 g/mol. The van der Waals surface area contributed by atoms with Crippen LogP contribution in [0.15, 0.2) is 84.0 Å². The second-order valence-electron chi connectivity index (χ2n) is 5.31. The number of ether oxygens (including phenoxy) is 1. The third-order valence-corrected chi connectivity index (χ3v) is 3.60. The minimum absolute atomic E-state index is 0.108. The lowest BCUT2D eigenvalue weighted by atomic mass is 10.1. The van der Waals surface area contributed by atoms with Crippen molar-refractivity contribution in [2.24, 2.45) is 4.99 Å². The van der Waals surface area contributed by atoms with E-state index in [4.69, 9.17) is 4.74 Å². The largest absolute Gasteiger partial charge is 0.437 e. The van der Waals surface area contributed by atoms with Crippen LogP contribution in [0, 0.1) is 0 Å². The van der Waals surface area contributed by atoms with Crippen molar-refractivity contribution in [2.75, 3.05) is 6.54 Å². The SMILES string of the molecule is C=C/N=C(/Oc1ccc(C(F)(F)F)nc1)C(=C)C1=CC=CC2=CCNN21. The average Bonchev–Trinajstić information content (AvgIpc) is 3.09. The van der Waals surface area contributed by atoms with Crippen molar-refractivity contribution in [3.63, 3.8) is 0 Å². The minimum atomic E-state index is -4.51. The molecule has 0 bridgehead atoms. The Kier molecular flexibility index (Phi) is 4.77. The topological polar surface area (TPSA) is 49.8 Å². The highest BCUT2D eigenvalue weighted by molar-refractivity contribution is 5.99. The number of hydrogen-bond acceptors (Lipinski definition) is 5. The van der Waals surface area contributed by atoms with Crippen molar-refractivity contribution in [3.05, 3.63) is 84.7 Å². The van der Waals surface area contributed by atoms with Gasteiger partial charge < -0.3 is 4.74 Å². The van der Waals surface area contributed by atoms with Crippen molar-refractivity contribution < 1.29 is 17.9 Å². The van der Waals surface area contributed by atoms with Crippen LogP contribution < -0.4 is 10.2 Å². The Bertz CT molecular complexity index is 848. The molecule has 0 saturated carbocycles. The van der Waals surface area contributed by atoms with Crippen LogP contribution in [-0.2, 0) is 6.18 Å². The van der Waals surface area contributed by atoms with Gasteiger partial charge in [-0.1, -0.05) is 19.2 Å². The number of nitrogens with zero attached hydrogens (tertiary/aromatic N) is 3. The Labute approximate surface area is 148 Å². The maximum atomic E-state index is 12.6. The Morgan fingerprint density at radius 3 is 2.85 bits per heavy atom. The first-order chi connectivity index (χ1) is 12.4. The molecule has 0 atom stereocenters. The zero-order valence-electron chi connectivity index (χ0n) is 13.6. The quantitative estimate of drug-likeness (QED) is 0.657. The Balaban J connectivity index is 1.82. The van der Waals surface area contributed by atoms with Gasteiger partial charge in [0.15, 0.2) is 0 Å². The van der Waals surface area contributed by atoms with Crippen LogP contribution in [0.25, 0.3) is 0 Å². The molecule has 0 saturated heterocycles. The van der Waals surface area contributed by atoms with Gasteiger partial charge in [0, 0.05) is 12.7 Å². The molecule has 1 aromatic heterocycles. The van der Waals surface area contributed by atoms with E-state index in [2.05, 4.69) is 28.6 Å². The third kappa shape index (κ3) is 3.60. The zero-order chi connectivity index (χ0) is 18.7. The standard InChI is InChI=1S/C18H15F3N4O/c1-3-22-17(26-14-7-8-16(23-11-14)18(19,20)21)12(2)15-6-4-5-13-9-10-24-25(13)15/h3-9,11,24H,1-2,10H2/b22-17+. The first kappa shape index (κ1) is 17.7. The van der Waals surface area contributed by atoms with Crippen molar-refractivity contribution in [1.82, 2.24) is 15.4 Å². The van der Waals surface area contributed by atoms with Crippen molar-refractivity contribution >= 4 is 5.90 Å². The van der Waals surface area contributed by atoms with Gasteiger partial charge in [0.25, 0.3) is 0 Å². The number of nitrogens with one attached hydrogen (secondary N) is 1. The first-order valence-electron chi connectivity index (χ1n) is 7.62. The number of aliphatic imine (C=N–C) groups is 1. The van der Waals surface area contributed by atoms with E-state index in [0.29, 0.717) is 17.8 Å². The van der Waals surface area contributed by atoms with E-state index in [0.717, 1.165) is 18.0 Å². The maximum absolute atomic E-state index is 12.6. The Morgan fingerprint density at radius 1 is 1.38 bits per heavy atom. The third-order valence-electron chi connectivity index (χ3n) is 3.60. The highest BCUT2D eigenvalue weighted by Gasteiger charge is 2.32. The maximum Gasteiger partial charge on any atom is 0.433 e. The van der Waals surface area contributed by atoms with E-state index in [-0.39, 0.29) is 11.6 Å². The van der Waals surface area contributed by atoms with Crippen LogP contribution in [0.4, 0.5) is 13.2 Å². The summed E-state index contributed by atoms with van der Waals surface area (Å²) in [5.74, 6) is 0.216. The zero-order valence-corrected chi connectivity index (χ0v) is 13.6. The summed E-state index contributed by atoms with van der Waals surface area (Å²) in [5.41, 5.74) is 4.26. The van der Waals surface area contributed by atoms with Gasteiger partial charge in [-0.3, -0.25) is 5.01 Å². The fourth-order valence-electron chi connectivity index (χ4n) is 2.42. The molecule has 26 heavy (non-hydrogen) atoms. The molecule has 1 N–H and O–H groups in total. The molecule has 8 heteroatoms. The fourth-order valence-corrected chi connectivity index (χ4v) is 2.42. The summed E-state index contributed by atoms with van der Waals surface area (Å²) in [4.78, 5) is 7.42. The number of halogens is 3. The average molecular weight is 360 g/mol. The molecule has 2 aliphatic heterocycles. The summed E-state index contributed by atoms with van der Waals surface area (Å²) >= 11 is 0. The Morgan fingerprint density at radius 2 is 2.19 bits per heavy atom. The summed E-state index contributed by atoms with van der Waals surface area (Å²) in [6, 6.07) is 2.02. The number of fused-ring (bicyclic) bond motifs is 1.